The van der Waals surface area contributed by atoms with Gasteiger partial charge in [-0.05, 0) is 18.6 Å². The molecule has 7 heteroatoms. The summed E-state index contributed by atoms with van der Waals surface area (Å²) in [6.07, 6.45) is 5.80. The van der Waals surface area contributed by atoms with E-state index in [1.54, 1.807) is 34.0 Å². The third-order valence-corrected chi connectivity index (χ3v) is 4.53. The third-order valence-electron chi connectivity index (χ3n) is 3.50. The number of hydrogen-bond donors (Lipinski definition) is 0. The number of nitrogens with zero attached hydrogens (tertiary/aromatic N) is 4. The zero-order chi connectivity index (χ0) is 16.2. The van der Waals surface area contributed by atoms with Crippen molar-refractivity contribution in [2.45, 2.75) is 24.9 Å². The fourth-order valence-electron chi connectivity index (χ4n) is 2.24. The molecule has 0 bridgehead atoms. The first-order valence-electron chi connectivity index (χ1n) is 7.48. The Morgan fingerprint density at radius 3 is 2.91 bits per heavy atom. The Morgan fingerprint density at radius 2 is 2.13 bits per heavy atom. The topological polar surface area (TPSA) is 61.4 Å². The first kappa shape index (κ1) is 15.6. The summed E-state index contributed by atoms with van der Waals surface area (Å²) in [4.78, 5) is 12.7. The Balaban J connectivity index is 2.01. The molecular weight excluding hydrogens is 312 g/mol. The smallest absolute Gasteiger partial charge is 0.300 e. The lowest BCUT2D eigenvalue weighted by atomic mass is 10.3. The molecule has 0 aliphatic carbocycles. The minimum Gasteiger partial charge on any atom is -0.497 e. The number of methoxy groups -OCH3 is 1. The van der Waals surface area contributed by atoms with Crippen LogP contribution in [0.1, 0.15) is 19.8 Å². The van der Waals surface area contributed by atoms with Gasteiger partial charge in [0.25, 0.3) is 0 Å². The van der Waals surface area contributed by atoms with Crippen molar-refractivity contribution in [1.29, 1.82) is 0 Å². The number of aromatic nitrogens is 4. The molecule has 2 aromatic heterocycles. The maximum absolute atomic E-state index is 12.7. The van der Waals surface area contributed by atoms with Crippen LogP contribution in [-0.4, -0.2) is 32.0 Å². The maximum Gasteiger partial charge on any atom is 0.300 e. The summed E-state index contributed by atoms with van der Waals surface area (Å²) in [5.74, 6) is 1.67. The highest BCUT2D eigenvalue weighted by molar-refractivity contribution is 7.99. The highest BCUT2D eigenvalue weighted by Gasteiger charge is 2.12. The molecule has 0 saturated heterocycles. The lowest BCUT2D eigenvalue weighted by Gasteiger charge is -2.08. The number of thioether (sulfide) groups is 1. The van der Waals surface area contributed by atoms with E-state index in [1.807, 2.05) is 30.5 Å². The van der Waals surface area contributed by atoms with E-state index in [-0.39, 0.29) is 5.56 Å². The molecule has 1 aromatic carbocycles. The van der Waals surface area contributed by atoms with Gasteiger partial charge in [0.2, 0.25) is 5.65 Å². The van der Waals surface area contributed by atoms with Crippen LogP contribution in [0.4, 0.5) is 0 Å². The summed E-state index contributed by atoms with van der Waals surface area (Å²) < 4.78 is 8.51. The Hall–Kier alpha value is -2.28. The zero-order valence-electron chi connectivity index (χ0n) is 13.1. The lowest BCUT2D eigenvalue weighted by molar-refractivity contribution is 0.414. The second kappa shape index (κ2) is 6.87. The Morgan fingerprint density at radius 1 is 1.26 bits per heavy atom. The minimum absolute atomic E-state index is 0.199. The van der Waals surface area contributed by atoms with Crippen LogP contribution < -0.4 is 10.3 Å². The fraction of sp³-hybridized carbons (Fsp3) is 0.312. The molecule has 2 heterocycles. The predicted molar refractivity (Wildman–Crippen MR) is 90.8 cm³/mol. The van der Waals surface area contributed by atoms with Crippen LogP contribution in [-0.2, 0) is 0 Å². The molecule has 6 nitrogen and oxygen atoms in total. The van der Waals surface area contributed by atoms with Crippen molar-refractivity contribution < 1.29 is 4.74 Å². The highest BCUT2D eigenvalue weighted by Crippen LogP contribution is 2.18. The van der Waals surface area contributed by atoms with Crippen LogP contribution >= 0.6 is 11.8 Å². The average Bonchev–Trinajstić information content (AvgIpc) is 3.00. The van der Waals surface area contributed by atoms with Crippen LogP contribution in [0.5, 0.6) is 5.75 Å². The first-order chi connectivity index (χ1) is 11.2. The van der Waals surface area contributed by atoms with E-state index in [1.165, 1.54) is 0 Å². The Kier molecular flexibility index (Phi) is 4.66. The van der Waals surface area contributed by atoms with E-state index in [2.05, 4.69) is 17.1 Å². The molecule has 0 fully saturated rings. The predicted octanol–water partition coefficient (Wildman–Crippen LogP) is 2.78. The van der Waals surface area contributed by atoms with Crippen molar-refractivity contribution in [3.63, 3.8) is 0 Å². The van der Waals surface area contributed by atoms with E-state index < -0.39 is 0 Å². The second-order valence-electron chi connectivity index (χ2n) is 5.05. The van der Waals surface area contributed by atoms with Gasteiger partial charge in [-0.1, -0.05) is 31.2 Å². The largest absolute Gasteiger partial charge is 0.497 e. The van der Waals surface area contributed by atoms with Crippen molar-refractivity contribution in [2.24, 2.45) is 0 Å². The summed E-state index contributed by atoms with van der Waals surface area (Å²) in [6, 6.07) is 7.35. The van der Waals surface area contributed by atoms with Crippen LogP contribution in [0.3, 0.4) is 0 Å². The number of rotatable bonds is 6. The molecule has 0 aliphatic heterocycles. The van der Waals surface area contributed by atoms with Crippen LogP contribution in [0.25, 0.3) is 11.3 Å². The van der Waals surface area contributed by atoms with Crippen molar-refractivity contribution in [3.05, 3.63) is 47.0 Å². The third kappa shape index (κ3) is 3.10. The molecule has 3 rings (SSSR count). The summed E-state index contributed by atoms with van der Waals surface area (Å²) in [5.41, 5.74) is 0.866. The summed E-state index contributed by atoms with van der Waals surface area (Å²) in [7, 11) is 1.60. The normalized spacial score (nSPS) is 11.0. The summed E-state index contributed by atoms with van der Waals surface area (Å²) in [5, 5.41) is 8.94. The number of hydrogen-bond acceptors (Lipinski definition) is 5. The molecule has 0 atom stereocenters. The number of benzene rings is 1. The van der Waals surface area contributed by atoms with Gasteiger partial charge < -0.3 is 4.74 Å². The van der Waals surface area contributed by atoms with Crippen LogP contribution in [0.15, 0.2) is 46.6 Å². The van der Waals surface area contributed by atoms with Crippen molar-refractivity contribution >= 4 is 17.4 Å². The molecule has 3 aromatic rings. The number of ether oxygens (including phenoxy) is 1. The molecule has 0 unspecified atom stereocenters. The lowest BCUT2D eigenvalue weighted by Crippen LogP contribution is -2.20. The second-order valence-corrected chi connectivity index (χ2v) is 6.12. The van der Waals surface area contributed by atoms with E-state index in [0.29, 0.717) is 11.4 Å². The van der Waals surface area contributed by atoms with Gasteiger partial charge in [-0.25, -0.2) is 0 Å². The quantitative estimate of drug-likeness (QED) is 0.514. The monoisotopic (exact) mass is 330 g/mol. The molecule has 0 saturated carbocycles. The molecule has 0 spiro atoms. The van der Waals surface area contributed by atoms with Crippen molar-refractivity contribution in [2.75, 3.05) is 12.9 Å². The Labute approximate surface area is 138 Å². The van der Waals surface area contributed by atoms with Gasteiger partial charge in [0.15, 0.2) is 5.16 Å². The molecule has 0 amide bonds. The van der Waals surface area contributed by atoms with Gasteiger partial charge in [-0.15, -0.1) is 10.2 Å². The zero-order valence-corrected chi connectivity index (χ0v) is 13.9. The molecule has 0 radical (unpaired) electrons. The fourth-order valence-corrected chi connectivity index (χ4v) is 3.24. The summed E-state index contributed by atoms with van der Waals surface area (Å²) in [6.45, 7) is 2.15. The van der Waals surface area contributed by atoms with E-state index in [9.17, 15) is 4.79 Å². The standard InChI is InChI=1S/C16H18N4O2S/c1-3-4-10-23-16-18-17-14-15(21)19(8-9-20(14)16)12-6-5-7-13(11-12)22-2/h5-9,11H,3-4,10H2,1-2H3. The van der Waals surface area contributed by atoms with Crippen molar-refractivity contribution in [1.82, 2.24) is 19.2 Å². The van der Waals surface area contributed by atoms with Crippen LogP contribution in [0, 0.1) is 0 Å². The Bertz CT molecular complexity index is 872. The van der Waals surface area contributed by atoms with Gasteiger partial charge in [-0.2, -0.15) is 0 Å². The van der Waals surface area contributed by atoms with Gasteiger partial charge in [0.1, 0.15) is 5.75 Å². The SMILES string of the molecule is CCCCSc1nnc2c(=O)n(-c3cccc(OC)c3)ccn12. The number of unbranched alkanes of at least 4 members (excludes halogenated alkanes) is 1. The van der Waals surface area contributed by atoms with E-state index in [0.717, 1.165) is 29.4 Å². The van der Waals surface area contributed by atoms with Crippen LogP contribution in [0.2, 0.25) is 0 Å². The molecule has 0 aliphatic rings. The van der Waals surface area contributed by atoms with E-state index in [4.69, 9.17) is 4.74 Å². The van der Waals surface area contributed by atoms with E-state index >= 15 is 0 Å². The molecule has 120 valence electrons. The molecular formula is C16H18N4O2S. The van der Waals surface area contributed by atoms with Gasteiger partial charge in [-0.3, -0.25) is 13.8 Å². The summed E-state index contributed by atoms with van der Waals surface area (Å²) >= 11 is 1.62. The number of fused-ring (bicyclic) bond motifs is 1. The average molecular weight is 330 g/mol. The maximum atomic E-state index is 12.7. The van der Waals surface area contributed by atoms with Gasteiger partial charge >= 0.3 is 5.56 Å². The molecule has 23 heavy (non-hydrogen) atoms. The minimum atomic E-state index is -0.199. The van der Waals surface area contributed by atoms with Crippen molar-refractivity contribution in [3.8, 4) is 11.4 Å². The highest BCUT2D eigenvalue weighted by atomic mass is 32.2. The molecule has 0 N–H and O–H groups in total. The van der Waals surface area contributed by atoms with Gasteiger partial charge in [0.05, 0.1) is 12.8 Å². The first-order valence-corrected chi connectivity index (χ1v) is 8.46. The van der Waals surface area contributed by atoms with Gasteiger partial charge in [0, 0.05) is 24.2 Å².